The van der Waals surface area contributed by atoms with Gasteiger partial charge >= 0.3 is 0 Å². The van der Waals surface area contributed by atoms with Gasteiger partial charge in [0.25, 0.3) is 0 Å². The topological polar surface area (TPSA) is 40.5 Å². The minimum atomic E-state index is -0.818. The van der Waals surface area contributed by atoms with Gasteiger partial charge in [-0.05, 0) is 52.5 Å². The summed E-state index contributed by atoms with van der Waals surface area (Å²) in [5.74, 6) is 0. The van der Waals surface area contributed by atoms with Crippen LogP contribution in [0, 0.1) is 0 Å². The molecular formula is C15H26O2. The highest BCUT2D eigenvalue weighted by atomic mass is 16.3. The molecule has 0 aliphatic carbocycles. The standard InChI is InChI=1S/C15H26O2/c1-6-15(5,17)11-7-8-13(4)14(16)10-9-12(2)3/h6,8-9,14,16-17H,1,7,10-11H2,2-5H3/t14-,15+/m0/s1. The molecule has 0 spiro atoms. The maximum absolute atomic E-state index is 9.86. The third kappa shape index (κ3) is 7.94. The summed E-state index contributed by atoms with van der Waals surface area (Å²) >= 11 is 0. The largest absolute Gasteiger partial charge is 0.388 e. The Kier molecular flexibility index (Phi) is 7.09. The van der Waals surface area contributed by atoms with E-state index in [-0.39, 0.29) is 0 Å². The summed E-state index contributed by atoms with van der Waals surface area (Å²) in [4.78, 5) is 0. The fourth-order valence-corrected chi connectivity index (χ4v) is 1.36. The lowest BCUT2D eigenvalue weighted by atomic mass is 9.98. The molecule has 0 aromatic heterocycles. The maximum atomic E-state index is 9.86. The van der Waals surface area contributed by atoms with Gasteiger partial charge in [-0.25, -0.2) is 0 Å². The Labute approximate surface area is 105 Å². The van der Waals surface area contributed by atoms with Crippen LogP contribution in [0.4, 0.5) is 0 Å². The number of hydrogen-bond donors (Lipinski definition) is 2. The molecule has 0 unspecified atom stereocenters. The van der Waals surface area contributed by atoms with E-state index in [4.69, 9.17) is 0 Å². The molecule has 2 N–H and O–H groups in total. The number of rotatable bonds is 7. The summed E-state index contributed by atoms with van der Waals surface area (Å²) < 4.78 is 0. The molecule has 0 aromatic rings. The molecule has 2 heteroatoms. The van der Waals surface area contributed by atoms with Crippen LogP contribution in [0.15, 0.2) is 36.0 Å². The van der Waals surface area contributed by atoms with Crippen molar-refractivity contribution in [1.29, 1.82) is 0 Å². The van der Waals surface area contributed by atoms with E-state index in [2.05, 4.69) is 6.58 Å². The lowest BCUT2D eigenvalue weighted by Gasteiger charge is -2.17. The van der Waals surface area contributed by atoms with E-state index >= 15 is 0 Å². The summed E-state index contributed by atoms with van der Waals surface area (Å²) in [7, 11) is 0. The van der Waals surface area contributed by atoms with E-state index in [0.717, 1.165) is 12.0 Å². The zero-order valence-electron chi connectivity index (χ0n) is 11.5. The molecular weight excluding hydrogens is 212 g/mol. The Balaban J connectivity index is 4.17. The van der Waals surface area contributed by atoms with Crippen LogP contribution in [0.2, 0.25) is 0 Å². The second kappa shape index (κ2) is 7.46. The van der Waals surface area contributed by atoms with Crippen LogP contribution in [0.1, 0.15) is 47.0 Å². The van der Waals surface area contributed by atoms with Gasteiger partial charge in [0.05, 0.1) is 11.7 Å². The molecule has 0 saturated carbocycles. The molecule has 0 saturated heterocycles. The number of hydrogen-bond acceptors (Lipinski definition) is 2. The zero-order chi connectivity index (χ0) is 13.5. The first-order chi connectivity index (χ1) is 7.78. The molecule has 0 aliphatic heterocycles. The Morgan fingerprint density at radius 1 is 1.29 bits per heavy atom. The first-order valence-corrected chi connectivity index (χ1v) is 6.12. The minimum Gasteiger partial charge on any atom is -0.388 e. The van der Waals surface area contributed by atoms with Crippen LogP contribution in [-0.4, -0.2) is 21.9 Å². The molecule has 98 valence electrons. The third-order valence-electron chi connectivity index (χ3n) is 2.83. The van der Waals surface area contributed by atoms with E-state index < -0.39 is 11.7 Å². The van der Waals surface area contributed by atoms with Crippen LogP contribution in [0.25, 0.3) is 0 Å². The van der Waals surface area contributed by atoms with Crippen LogP contribution in [0.3, 0.4) is 0 Å². The quantitative estimate of drug-likeness (QED) is 0.668. The summed E-state index contributed by atoms with van der Waals surface area (Å²) in [5, 5.41) is 19.6. The van der Waals surface area contributed by atoms with Crippen molar-refractivity contribution in [2.75, 3.05) is 0 Å². The Morgan fingerprint density at radius 2 is 1.88 bits per heavy atom. The van der Waals surface area contributed by atoms with Crippen molar-refractivity contribution in [2.45, 2.75) is 58.7 Å². The molecule has 0 heterocycles. The van der Waals surface area contributed by atoms with E-state index in [1.807, 2.05) is 32.9 Å². The van der Waals surface area contributed by atoms with E-state index in [9.17, 15) is 10.2 Å². The number of aliphatic hydroxyl groups excluding tert-OH is 1. The van der Waals surface area contributed by atoms with Gasteiger partial charge in [0.1, 0.15) is 0 Å². The van der Waals surface area contributed by atoms with Crippen molar-refractivity contribution in [3.05, 3.63) is 36.0 Å². The predicted molar refractivity (Wildman–Crippen MR) is 73.9 cm³/mol. The first kappa shape index (κ1) is 16.1. The monoisotopic (exact) mass is 238 g/mol. The van der Waals surface area contributed by atoms with Crippen molar-refractivity contribution < 1.29 is 10.2 Å². The normalized spacial score (nSPS) is 17.2. The fraction of sp³-hybridized carbons (Fsp3) is 0.600. The van der Waals surface area contributed by atoms with Gasteiger partial charge in [-0.1, -0.05) is 23.8 Å². The van der Waals surface area contributed by atoms with Gasteiger partial charge in [-0.3, -0.25) is 0 Å². The maximum Gasteiger partial charge on any atom is 0.0800 e. The van der Waals surface area contributed by atoms with Crippen molar-refractivity contribution in [1.82, 2.24) is 0 Å². The second-order valence-corrected chi connectivity index (χ2v) is 5.08. The van der Waals surface area contributed by atoms with Crippen molar-refractivity contribution in [3.63, 3.8) is 0 Å². The lowest BCUT2D eigenvalue weighted by molar-refractivity contribution is 0.103. The summed E-state index contributed by atoms with van der Waals surface area (Å²) in [6, 6.07) is 0. The molecule has 0 aliphatic rings. The molecule has 0 rings (SSSR count). The molecule has 17 heavy (non-hydrogen) atoms. The predicted octanol–water partition coefficient (Wildman–Crippen LogP) is 3.37. The van der Waals surface area contributed by atoms with E-state index in [0.29, 0.717) is 12.8 Å². The highest BCUT2D eigenvalue weighted by Crippen LogP contribution is 2.16. The molecule has 0 aromatic carbocycles. The Morgan fingerprint density at radius 3 is 2.35 bits per heavy atom. The third-order valence-corrected chi connectivity index (χ3v) is 2.83. The lowest BCUT2D eigenvalue weighted by Crippen LogP contribution is -2.19. The Bertz CT molecular complexity index is 294. The van der Waals surface area contributed by atoms with Crippen LogP contribution in [-0.2, 0) is 0 Å². The molecule has 2 atom stereocenters. The molecule has 0 amide bonds. The smallest absolute Gasteiger partial charge is 0.0800 e. The number of aliphatic hydroxyl groups is 2. The SMILES string of the molecule is C=C[C@@](C)(O)CCC=C(C)[C@@H](O)CC=C(C)C. The number of allylic oxidation sites excluding steroid dienone is 2. The highest BCUT2D eigenvalue weighted by Gasteiger charge is 2.13. The van der Waals surface area contributed by atoms with Gasteiger partial charge in [0.2, 0.25) is 0 Å². The van der Waals surface area contributed by atoms with Gasteiger partial charge in [0, 0.05) is 0 Å². The van der Waals surface area contributed by atoms with E-state index in [1.165, 1.54) is 5.57 Å². The zero-order valence-corrected chi connectivity index (χ0v) is 11.5. The first-order valence-electron chi connectivity index (χ1n) is 6.12. The van der Waals surface area contributed by atoms with Crippen molar-refractivity contribution in [2.24, 2.45) is 0 Å². The second-order valence-electron chi connectivity index (χ2n) is 5.08. The van der Waals surface area contributed by atoms with Crippen LogP contribution >= 0.6 is 0 Å². The van der Waals surface area contributed by atoms with E-state index in [1.54, 1.807) is 13.0 Å². The average Bonchev–Trinajstić information content (AvgIpc) is 2.25. The fourth-order valence-electron chi connectivity index (χ4n) is 1.36. The van der Waals surface area contributed by atoms with Crippen LogP contribution in [0.5, 0.6) is 0 Å². The summed E-state index contributed by atoms with van der Waals surface area (Å²) in [6.45, 7) is 11.3. The van der Waals surface area contributed by atoms with Crippen molar-refractivity contribution in [3.8, 4) is 0 Å². The van der Waals surface area contributed by atoms with Gasteiger partial charge < -0.3 is 10.2 Å². The molecule has 0 radical (unpaired) electrons. The van der Waals surface area contributed by atoms with Crippen LogP contribution < -0.4 is 0 Å². The minimum absolute atomic E-state index is 0.418. The molecule has 2 nitrogen and oxygen atoms in total. The van der Waals surface area contributed by atoms with Crippen molar-refractivity contribution >= 4 is 0 Å². The van der Waals surface area contributed by atoms with Gasteiger partial charge in [0.15, 0.2) is 0 Å². The Hall–Kier alpha value is -0.860. The van der Waals surface area contributed by atoms with Gasteiger partial charge in [-0.15, -0.1) is 6.58 Å². The molecule has 0 fully saturated rings. The van der Waals surface area contributed by atoms with Gasteiger partial charge in [-0.2, -0.15) is 0 Å². The average molecular weight is 238 g/mol. The highest BCUT2D eigenvalue weighted by molar-refractivity contribution is 5.09. The summed E-state index contributed by atoms with van der Waals surface area (Å²) in [5.41, 5.74) is 1.36. The molecule has 0 bridgehead atoms. The summed E-state index contributed by atoms with van der Waals surface area (Å²) in [6.07, 6.45) is 7.18.